The number of carbonyl (C=O) groups is 1. The molecule has 0 unspecified atom stereocenters. The second-order valence-electron chi connectivity index (χ2n) is 6.87. The molecule has 2 N–H and O–H groups in total. The lowest BCUT2D eigenvalue weighted by Gasteiger charge is -2.26. The van der Waals surface area contributed by atoms with Crippen molar-refractivity contribution in [1.82, 2.24) is 15.1 Å². The first-order chi connectivity index (χ1) is 12.2. The van der Waals surface area contributed by atoms with Crippen molar-refractivity contribution in [2.24, 2.45) is 0 Å². The number of benzene rings is 1. The maximum atomic E-state index is 12.4. The monoisotopic (exact) mass is 340 g/mol. The van der Waals surface area contributed by atoms with Crippen LogP contribution in [0.15, 0.2) is 30.3 Å². The minimum atomic E-state index is -0.113. The van der Waals surface area contributed by atoms with Gasteiger partial charge in [0.2, 0.25) is 0 Å². The summed E-state index contributed by atoms with van der Waals surface area (Å²) in [6, 6.07) is 9.83. The highest BCUT2D eigenvalue weighted by molar-refractivity contribution is 6.03. The van der Waals surface area contributed by atoms with Gasteiger partial charge in [0.25, 0.3) is 5.91 Å². The van der Waals surface area contributed by atoms with Crippen LogP contribution >= 0.6 is 0 Å². The molecular weight excluding hydrogens is 312 g/mol. The number of nitrogens with one attached hydrogen (secondary N) is 2. The first-order valence-corrected chi connectivity index (χ1v) is 9.41. The fourth-order valence-electron chi connectivity index (χ4n) is 3.25. The molecule has 0 atom stereocenters. The smallest absolute Gasteiger partial charge is 0.256 e. The van der Waals surface area contributed by atoms with Crippen molar-refractivity contribution in [2.45, 2.75) is 52.0 Å². The van der Waals surface area contributed by atoms with Gasteiger partial charge < -0.3 is 5.32 Å². The zero-order chi connectivity index (χ0) is 17.5. The van der Waals surface area contributed by atoms with E-state index in [1.807, 2.05) is 18.2 Å². The fourth-order valence-corrected chi connectivity index (χ4v) is 3.25. The van der Waals surface area contributed by atoms with Crippen molar-refractivity contribution in [3.63, 3.8) is 0 Å². The number of carbonyl (C=O) groups excluding carboxylic acids is 1. The van der Waals surface area contributed by atoms with Crippen LogP contribution in [0.1, 0.15) is 60.6 Å². The second kappa shape index (κ2) is 8.81. The van der Waals surface area contributed by atoms with E-state index in [-0.39, 0.29) is 5.91 Å². The summed E-state index contributed by atoms with van der Waals surface area (Å²) in [5, 5.41) is 10.0. The van der Waals surface area contributed by atoms with Crippen LogP contribution in [0.2, 0.25) is 0 Å². The molecule has 0 spiro atoms. The molecule has 5 heteroatoms. The van der Waals surface area contributed by atoms with Crippen LogP contribution in [0.4, 0.5) is 5.82 Å². The van der Waals surface area contributed by atoms with Crippen LogP contribution in [-0.4, -0.2) is 34.1 Å². The number of hydrogen-bond donors (Lipinski definition) is 2. The van der Waals surface area contributed by atoms with Gasteiger partial charge in [-0.2, -0.15) is 5.10 Å². The number of anilines is 1. The van der Waals surface area contributed by atoms with E-state index in [1.54, 1.807) is 0 Å². The lowest BCUT2D eigenvalue weighted by Crippen LogP contribution is -2.29. The van der Waals surface area contributed by atoms with E-state index in [1.165, 1.54) is 37.9 Å². The minimum absolute atomic E-state index is 0.113. The molecule has 134 valence electrons. The number of rotatable bonds is 7. The third-order valence-electron chi connectivity index (χ3n) is 4.74. The number of amides is 1. The van der Waals surface area contributed by atoms with Gasteiger partial charge in [-0.25, -0.2) is 0 Å². The maximum Gasteiger partial charge on any atom is 0.256 e. The number of aromatic amines is 1. The quantitative estimate of drug-likeness (QED) is 0.801. The summed E-state index contributed by atoms with van der Waals surface area (Å²) in [5.41, 5.74) is 3.00. The first kappa shape index (κ1) is 17.7. The van der Waals surface area contributed by atoms with E-state index in [0.29, 0.717) is 11.4 Å². The highest BCUT2D eigenvalue weighted by Gasteiger charge is 2.12. The van der Waals surface area contributed by atoms with E-state index in [4.69, 9.17) is 0 Å². The third kappa shape index (κ3) is 5.16. The predicted molar refractivity (Wildman–Crippen MR) is 101 cm³/mol. The molecule has 0 saturated carbocycles. The number of piperidine rings is 1. The summed E-state index contributed by atoms with van der Waals surface area (Å²) in [7, 11) is 0. The molecular formula is C20H28N4O. The van der Waals surface area contributed by atoms with Crippen LogP contribution in [0.5, 0.6) is 0 Å². The number of likely N-dealkylation sites (tertiary alicyclic amines) is 1. The van der Waals surface area contributed by atoms with Crippen LogP contribution < -0.4 is 5.32 Å². The van der Waals surface area contributed by atoms with Crippen LogP contribution in [0, 0.1) is 0 Å². The van der Waals surface area contributed by atoms with Crippen molar-refractivity contribution >= 4 is 11.7 Å². The number of nitrogens with zero attached hydrogens (tertiary/aromatic N) is 2. The van der Waals surface area contributed by atoms with Crippen LogP contribution in [0.25, 0.3) is 0 Å². The molecule has 1 amide bonds. The molecule has 3 rings (SSSR count). The predicted octanol–water partition coefficient (Wildman–Crippen LogP) is 3.99. The van der Waals surface area contributed by atoms with Gasteiger partial charge in [-0.3, -0.25) is 14.8 Å². The van der Waals surface area contributed by atoms with E-state index >= 15 is 0 Å². The van der Waals surface area contributed by atoms with Crippen molar-refractivity contribution < 1.29 is 4.79 Å². The Morgan fingerprint density at radius 1 is 1.20 bits per heavy atom. The van der Waals surface area contributed by atoms with Crippen molar-refractivity contribution in [2.75, 3.05) is 18.4 Å². The Bertz CT molecular complexity index is 671. The molecule has 1 fully saturated rings. The number of unbranched alkanes of at least 4 members (excludes halogenated alkanes) is 1. The Morgan fingerprint density at radius 3 is 2.68 bits per heavy atom. The van der Waals surface area contributed by atoms with Gasteiger partial charge in [0, 0.05) is 23.9 Å². The molecule has 2 aromatic rings. The normalized spacial score (nSPS) is 15.2. The summed E-state index contributed by atoms with van der Waals surface area (Å²) in [4.78, 5) is 14.8. The topological polar surface area (TPSA) is 61.0 Å². The van der Waals surface area contributed by atoms with Crippen molar-refractivity contribution in [3.8, 4) is 0 Å². The molecule has 1 aromatic carbocycles. The highest BCUT2D eigenvalue weighted by Crippen LogP contribution is 2.15. The Kier molecular flexibility index (Phi) is 6.23. The van der Waals surface area contributed by atoms with Crippen molar-refractivity contribution in [1.29, 1.82) is 0 Å². The largest absolute Gasteiger partial charge is 0.305 e. The third-order valence-corrected chi connectivity index (χ3v) is 4.74. The molecule has 1 saturated heterocycles. The number of aryl methyl sites for hydroxylation is 1. The molecule has 1 aliphatic rings. The average molecular weight is 340 g/mol. The van der Waals surface area contributed by atoms with E-state index < -0.39 is 0 Å². The maximum absolute atomic E-state index is 12.4. The zero-order valence-corrected chi connectivity index (χ0v) is 15.1. The van der Waals surface area contributed by atoms with Gasteiger partial charge in [0.1, 0.15) is 0 Å². The van der Waals surface area contributed by atoms with Crippen LogP contribution in [0.3, 0.4) is 0 Å². The van der Waals surface area contributed by atoms with E-state index in [2.05, 4.69) is 39.5 Å². The molecule has 5 nitrogen and oxygen atoms in total. The molecule has 0 radical (unpaired) electrons. The number of aromatic nitrogens is 2. The standard InChI is InChI=1S/C20H28N4O/c1-2-3-7-18-14-19(23-22-18)21-20(25)17-10-8-16(9-11-17)15-24-12-5-4-6-13-24/h8-11,14H,2-7,12-13,15H2,1H3,(H2,21,22,23,25). The fraction of sp³-hybridized carbons (Fsp3) is 0.500. The van der Waals surface area contributed by atoms with E-state index in [9.17, 15) is 4.79 Å². The summed E-state index contributed by atoms with van der Waals surface area (Å²) in [6.07, 6.45) is 7.17. The molecule has 25 heavy (non-hydrogen) atoms. The van der Waals surface area contributed by atoms with Gasteiger partial charge in [0.05, 0.1) is 0 Å². The SMILES string of the molecule is CCCCc1cc(NC(=O)c2ccc(CN3CCCCC3)cc2)n[nH]1. The summed E-state index contributed by atoms with van der Waals surface area (Å²) < 4.78 is 0. The average Bonchev–Trinajstić information content (AvgIpc) is 3.08. The second-order valence-corrected chi connectivity index (χ2v) is 6.87. The molecule has 2 heterocycles. The molecule has 1 aliphatic heterocycles. The van der Waals surface area contributed by atoms with Gasteiger partial charge in [-0.1, -0.05) is 31.9 Å². The lowest BCUT2D eigenvalue weighted by atomic mass is 10.1. The first-order valence-electron chi connectivity index (χ1n) is 9.41. The van der Waals surface area contributed by atoms with Gasteiger partial charge >= 0.3 is 0 Å². The minimum Gasteiger partial charge on any atom is -0.305 e. The highest BCUT2D eigenvalue weighted by atomic mass is 16.1. The number of H-pyrrole nitrogens is 1. The van der Waals surface area contributed by atoms with E-state index in [0.717, 1.165) is 31.5 Å². The summed E-state index contributed by atoms with van der Waals surface area (Å²) >= 11 is 0. The summed E-state index contributed by atoms with van der Waals surface area (Å²) in [6.45, 7) is 5.50. The van der Waals surface area contributed by atoms with Gasteiger partial charge in [-0.15, -0.1) is 0 Å². The van der Waals surface area contributed by atoms with Gasteiger partial charge in [0.15, 0.2) is 5.82 Å². The Hall–Kier alpha value is -2.14. The van der Waals surface area contributed by atoms with Gasteiger partial charge in [-0.05, 0) is 56.5 Å². The zero-order valence-electron chi connectivity index (χ0n) is 15.1. The Morgan fingerprint density at radius 2 is 1.96 bits per heavy atom. The lowest BCUT2D eigenvalue weighted by molar-refractivity contribution is 0.102. The Labute approximate surface area is 149 Å². The van der Waals surface area contributed by atoms with Crippen LogP contribution in [-0.2, 0) is 13.0 Å². The molecule has 1 aromatic heterocycles. The van der Waals surface area contributed by atoms with Crippen molar-refractivity contribution in [3.05, 3.63) is 47.2 Å². The summed E-state index contributed by atoms with van der Waals surface area (Å²) in [5.74, 6) is 0.478. The number of hydrogen-bond acceptors (Lipinski definition) is 3. The molecule has 0 bridgehead atoms. The molecule has 0 aliphatic carbocycles. The Balaban J connectivity index is 1.54.